The van der Waals surface area contributed by atoms with Gasteiger partial charge in [0.25, 0.3) is 0 Å². The molecule has 0 heterocycles. The number of anilines is 1. The van der Waals surface area contributed by atoms with E-state index in [1.165, 1.54) is 4.90 Å². The highest BCUT2D eigenvalue weighted by molar-refractivity contribution is 5.89. The molecule has 0 radical (unpaired) electrons. The topological polar surface area (TPSA) is 52.6 Å². The lowest BCUT2D eigenvalue weighted by Gasteiger charge is -2.21. The molecule has 1 aliphatic carbocycles. The zero-order valence-electron chi connectivity index (χ0n) is 13.3. The SMILES string of the molecule is CN(CC(O)C1CC1)C(=O)Nc1ccc(-c2ccccc2)cc1. The maximum Gasteiger partial charge on any atom is 0.321 e. The number of likely N-dealkylation sites (N-methyl/N-ethyl adjacent to an activating group) is 1. The molecule has 4 nitrogen and oxygen atoms in total. The lowest BCUT2D eigenvalue weighted by Crippen LogP contribution is -2.37. The molecule has 1 fully saturated rings. The van der Waals surface area contributed by atoms with E-state index in [0.29, 0.717) is 12.5 Å². The number of aliphatic hydroxyl groups excluding tert-OH is 1. The van der Waals surface area contributed by atoms with E-state index >= 15 is 0 Å². The Bertz CT molecular complexity index is 651. The zero-order valence-corrected chi connectivity index (χ0v) is 13.3. The second-order valence-corrected chi connectivity index (χ2v) is 6.16. The van der Waals surface area contributed by atoms with Crippen LogP contribution in [0.3, 0.4) is 0 Å². The molecule has 3 rings (SSSR count). The Morgan fingerprint density at radius 3 is 2.35 bits per heavy atom. The van der Waals surface area contributed by atoms with Crippen molar-refractivity contribution in [2.45, 2.75) is 18.9 Å². The molecule has 0 spiro atoms. The van der Waals surface area contributed by atoms with Crippen molar-refractivity contribution in [2.24, 2.45) is 5.92 Å². The summed E-state index contributed by atoms with van der Waals surface area (Å²) in [5, 5.41) is 12.8. The van der Waals surface area contributed by atoms with Crippen molar-refractivity contribution < 1.29 is 9.90 Å². The van der Waals surface area contributed by atoms with Gasteiger partial charge in [-0.25, -0.2) is 4.79 Å². The zero-order chi connectivity index (χ0) is 16.2. The van der Waals surface area contributed by atoms with Crippen molar-refractivity contribution in [2.75, 3.05) is 18.9 Å². The Kier molecular flexibility index (Phi) is 4.63. The van der Waals surface area contributed by atoms with Gasteiger partial charge in [0.2, 0.25) is 0 Å². The highest BCUT2D eigenvalue weighted by Gasteiger charge is 2.31. The van der Waals surface area contributed by atoms with Gasteiger partial charge in [0.05, 0.1) is 6.10 Å². The number of benzene rings is 2. The fourth-order valence-corrected chi connectivity index (χ4v) is 2.59. The first-order valence-electron chi connectivity index (χ1n) is 7.99. The predicted octanol–water partition coefficient (Wildman–Crippen LogP) is 3.59. The van der Waals surface area contributed by atoms with Crippen LogP contribution in [-0.2, 0) is 0 Å². The van der Waals surface area contributed by atoms with E-state index < -0.39 is 6.10 Å². The molecule has 0 saturated heterocycles. The van der Waals surface area contributed by atoms with Crippen LogP contribution in [-0.4, -0.2) is 35.7 Å². The Morgan fingerprint density at radius 1 is 1.13 bits per heavy atom. The maximum atomic E-state index is 12.1. The van der Waals surface area contributed by atoms with Gasteiger partial charge < -0.3 is 15.3 Å². The third-order valence-corrected chi connectivity index (χ3v) is 4.22. The van der Waals surface area contributed by atoms with Gasteiger partial charge in [-0.1, -0.05) is 42.5 Å². The van der Waals surface area contributed by atoms with E-state index in [1.54, 1.807) is 7.05 Å². The Hall–Kier alpha value is -2.33. The highest BCUT2D eigenvalue weighted by atomic mass is 16.3. The summed E-state index contributed by atoms with van der Waals surface area (Å²) in [5.41, 5.74) is 3.01. The van der Waals surface area contributed by atoms with Crippen LogP contribution in [0.15, 0.2) is 54.6 Å². The first-order chi connectivity index (χ1) is 11.1. The normalized spacial score (nSPS) is 15.0. The number of nitrogens with one attached hydrogen (secondary N) is 1. The van der Waals surface area contributed by atoms with E-state index in [4.69, 9.17) is 0 Å². The van der Waals surface area contributed by atoms with Gasteiger partial charge in [0, 0.05) is 19.3 Å². The number of urea groups is 1. The van der Waals surface area contributed by atoms with Gasteiger partial charge in [-0.3, -0.25) is 0 Å². The van der Waals surface area contributed by atoms with Crippen molar-refractivity contribution in [1.29, 1.82) is 0 Å². The number of carbonyl (C=O) groups excluding carboxylic acids is 1. The molecule has 2 N–H and O–H groups in total. The molecule has 0 bridgehead atoms. The second kappa shape index (κ2) is 6.84. The third-order valence-electron chi connectivity index (χ3n) is 4.22. The van der Waals surface area contributed by atoms with Crippen LogP contribution in [0.2, 0.25) is 0 Å². The van der Waals surface area contributed by atoms with Gasteiger partial charge in [-0.15, -0.1) is 0 Å². The summed E-state index contributed by atoms with van der Waals surface area (Å²) < 4.78 is 0. The maximum absolute atomic E-state index is 12.1. The van der Waals surface area contributed by atoms with Crippen molar-refractivity contribution in [3.63, 3.8) is 0 Å². The molecule has 1 saturated carbocycles. The average Bonchev–Trinajstić information content (AvgIpc) is 3.41. The Balaban J connectivity index is 1.58. The minimum atomic E-state index is -0.411. The first kappa shape index (κ1) is 15.6. The number of aliphatic hydroxyl groups is 1. The monoisotopic (exact) mass is 310 g/mol. The van der Waals surface area contributed by atoms with Gasteiger partial charge in [0.15, 0.2) is 0 Å². The van der Waals surface area contributed by atoms with Crippen LogP contribution in [0.4, 0.5) is 10.5 Å². The summed E-state index contributed by atoms with van der Waals surface area (Å²) >= 11 is 0. The number of amides is 2. The summed E-state index contributed by atoms with van der Waals surface area (Å²) in [4.78, 5) is 13.7. The van der Waals surface area contributed by atoms with Crippen LogP contribution in [0.1, 0.15) is 12.8 Å². The molecule has 23 heavy (non-hydrogen) atoms. The van der Waals surface area contributed by atoms with Crippen molar-refractivity contribution in [1.82, 2.24) is 4.90 Å². The van der Waals surface area contributed by atoms with Gasteiger partial charge in [0.1, 0.15) is 0 Å². The highest BCUT2D eigenvalue weighted by Crippen LogP contribution is 2.32. The van der Waals surface area contributed by atoms with Crippen LogP contribution in [0.25, 0.3) is 11.1 Å². The minimum absolute atomic E-state index is 0.197. The average molecular weight is 310 g/mol. The van der Waals surface area contributed by atoms with Gasteiger partial charge in [-0.2, -0.15) is 0 Å². The molecule has 1 atom stereocenters. The molecule has 1 unspecified atom stereocenters. The van der Waals surface area contributed by atoms with E-state index in [2.05, 4.69) is 17.4 Å². The predicted molar refractivity (Wildman–Crippen MR) is 92.3 cm³/mol. The van der Waals surface area contributed by atoms with Gasteiger partial charge in [-0.05, 0) is 42.0 Å². The Labute approximate surface area is 136 Å². The van der Waals surface area contributed by atoms with E-state index in [1.807, 2.05) is 42.5 Å². The van der Waals surface area contributed by atoms with Crippen LogP contribution in [0.5, 0.6) is 0 Å². The summed E-state index contributed by atoms with van der Waals surface area (Å²) in [6, 6.07) is 17.7. The van der Waals surface area contributed by atoms with E-state index in [0.717, 1.165) is 29.7 Å². The number of nitrogens with zero attached hydrogens (tertiary/aromatic N) is 1. The molecule has 1 aliphatic rings. The smallest absolute Gasteiger partial charge is 0.321 e. The molecule has 120 valence electrons. The number of rotatable bonds is 5. The standard InChI is InChI=1S/C19H22N2O2/c1-21(13-18(22)16-7-8-16)19(23)20-17-11-9-15(10-12-17)14-5-3-2-4-6-14/h2-6,9-12,16,18,22H,7-8,13H2,1H3,(H,20,23). The molecule has 2 amide bonds. The van der Waals surface area contributed by atoms with Crippen LogP contribution >= 0.6 is 0 Å². The van der Waals surface area contributed by atoms with Crippen LogP contribution < -0.4 is 5.32 Å². The largest absolute Gasteiger partial charge is 0.391 e. The fourth-order valence-electron chi connectivity index (χ4n) is 2.59. The van der Waals surface area contributed by atoms with E-state index in [-0.39, 0.29) is 6.03 Å². The summed E-state index contributed by atoms with van der Waals surface area (Å²) in [5.74, 6) is 0.371. The molecule has 2 aromatic rings. The fraction of sp³-hybridized carbons (Fsp3) is 0.316. The number of carbonyl (C=O) groups is 1. The van der Waals surface area contributed by atoms with Crippen LogP contribution in [0, 0.1) is 5.92 Å². The summed E-state index contributed by atoms with van der Waals surface area (Å²) in [6.45, 7) is 0.374. The molecular weight excluding hydrogens is 288 g/mol. The second-order valence-electron chi connectivity index (χ2n) is 6.16. The molecule has 0 aliphatic heterocycles. The van der Waals surface area contributed by atoms with Crippen molar-refractivity contribution >= 4 is 11.7 Å². The van der Waals surface area contributed by atoms with Gasteiger partial charge >= 0.3 is 6.03 Å². The van der Waals surface area contributed by atoms with E-state index in [9.17, 15) is 9.90 Å². The summed E-state index contributed by atoms with van der Waals surface area (Å²) in [6.07, 6.45) is 1.72. The third kappa shape index (κ3) is 4.11. The Morgan fingerprint density at radius 2 is 1.74 bits per heavy atom. The first-order valence-corrected chi connectivity index (χ1v) is 7.99. The quantitative estimate of drug-likeness (QED) is 0.887. The molecular formula is C19H22N2O2. The molecule has 0 aromatic heterocycles. The molecule has 2 aromatic carbocycles. The van der Waals surface area contributed by atoms with Crippen molar-refractivity contribution in [3.8, 4) is 11.1 Å². The number of hydrogen-bond donors (Lipinski definition) is 2. The number of hydrogen-bond acceptors (Lipinski definition) is 2. The molecule has 4 heteroatoms. The minimum Gasteiger partial charge on any atom is -0.391 e. The van der Waals surface area contributed by atoms with Crippen molar-refractivity contribution in [3.05, 3.63) is 54.6 Å². The lowest BCUT2D eigenvalue weighted by molar-refractivity contribution is 0.117. The summed E-state index contributed by atoms with van der Waals surface area (Å²) in [7, 11) is 1.71. The lowest BCUT2D eigenvalue weighted by atomic mass is 10.1.